The van der Waals surface area contributed by atoms with Crippen molar-refractivity contribution in [3.63, 3.8) is 0 Å². The highest BCUT2D eigenvalue weighted by Crippen LogP contribution is 2.22. The van der Waals surface area contributed by atoms with Crippen molar-refractivity contribution in [1.29, 1.82) is 0 Å². The topological polar surface area (TPSA) is 59.7 Å². The van der Waals surface area contributed by atoms with Gasteiger partial charge in [-0.25, -0.2) is 9.97 Å². The summed E-state index contributed by atoms with van der Waals surface area (Å²) in [6.45, 7) is 10.4. The molecule has 0 amide bonds. The van der Waals surface area contributed by atoms with Gasteiger partial charge < -0.3 is 9.64 Å². The lowest BCUT2D eigenvalue weighted by molar-refractivity contribution is 0.101. The Labute approximate surface area is 124 Å². The maximum atomic E-state index is 11.7. The Balaban J connectivity index is 0.000000774. The summed E-state index contributed by atoms with van der Waals surface area (Å²) < 4.78 is 7.18. The van der Waals surface area contributed by atoms with Crippen molar-refractivity contribution >= 4 is 17.2 Å². The molecule has 1 aliphatic heterocycles. The molecular formula is C15H22N4O2. The summed E-state index contributed by atoms with van der Waals surface area (Å²) >= 11 is 0. The zero-order valence-electron chi connectivity index (χ0n) is 13.1. The monoisotopic (exact) mass is 290 g/mol. The molecule has 0 aliphatic carbocycles. The Morgan fingerprint density at radius 3 is 2.57 bits per heavy atom. The highest BCUT2D eigenvalue weighted by atomic mass is 16.5. The van der Waals surface area contributed by atoms with E-state index in [-0.39, 0.29) is 5.78 Å². The third-order valence-corrected chi connectivity index (χ3v) is 3.34. The minimum atomic E-state index is 0.0177. The summed E-state index contributed by atoms with van der Waals surface area (Å²) in [7, 11) is 0. The van der Waals surface area contributed by atoms with Gasteiger partial charge in [0.2, 0.25) is 0 Å². The fraction of sp³-hybridized carbons (Fsp3) is 0.533. The van der Waals surface area contributed by atoms with Gasteiger partial charge in [0.15, 0.2) is 17.2 Å². The van der Waals surface area contributed by atoms with Crippen LogP contribution >= 0.6 is 0 Å². The number of imidazole rings is 1. The van der Waals surface area contributed by atoms with E-state index in [0.717, 1.165) is 30.2 Å². The molecule has 1 saturated heterocycles. The summed E-state index contributed by atoms with van der Waals surface area (Å²) in [6.07, 6.45) is 3.50. The molecule has 0 saturated carbocycles. The molecule has 0 atom stereocenters. The van der Waals surface area contributed by atoms with E-state index in [4.69, 9.17) is 4.74 Å². The van der Waals surface area contributed by atoms with E-state index in [1.807, 2.05) is 25.2 Å². The number of aryl methyl sites for hydroxylation is 1. The first-order valence-electron chi connectivity index (χ1n) is 7.36. The number of nitrogens with zero attached hydrogens (tertiary/aromatic N) is 4. The molecule has 0 unspecified atom stereocenters. The summed E-state index contributed by atoms with van der Waals surface area (Å²) in [5, 5.41) is 0. The van der Waals surface area contributed by atoms with E-state index < -0.39 is 0 Å². The molecule has 0 aromatic carbocycles. The zero-order chi connectivity index (χ0) is 15.4. The van der Waals surface area contributed by atoms with Gasteiger partial charge in [0, 0.05) is 32.4 Å². The van der Waals surface area contributed by atoms with Crippen molar-refractivity contribution in [2.75, 3.05) is 31.2 Å². The molecule has 1 aliphatic rings. The zero-order valence-corrected chi connectivity index (χ0v) is 13.1. The lowest BCUT2D eigenvalue weighted by Gasteiger charge is -2.27. The quantitative estimate of drug-likeness (QED) is 0.793. The average Bonchev–Trinajstić information content (AvgIpc) is 2.86. The van der Waals surface area contributed by atoms with Crippen LogP contribution in [0.5, 0.6) is 0 Å². The maximum Gasteiger partial charge on any atom is 0.181 e. The fourth-order valence-electron chi connectivity index (χ4n) is 2.50. The maximum absolute atomic E-state index is 11.7. The lowest BCUT2D eigenvalue weighted by Crippen LogP contribution is -2.37. The van der Waals surface area contributed by atoms with Crippen molar-refractivity contribution in [3.8, 4) is 0 Å². The van der Waals surface area contributed by atoms with Gasteiger partial charge in [0.1, 0.15) is 5.69 Å². The highest BCUT2D eigenvalue weighted by molar-refractivity contribution is 5.95. The van der Waals surface area contributed by atoms with Crippen LogP contribution in [0.15, 0.2) is 12.4 Å². The number of rotatable bonds is 2. The smallest absolute Gasteiger partial charge is 0.181 e. The molecule has 3 heterocycles. The molecule has 0 N–H and O–H groups in total. The number of ether oxygens (including phenoxy) is 1. The Kier molecular flexibility index (Phi) is 4.90. The lowest BCUT2D eigenvalue weighted by atomic mass is 10.2. The molecular weight excluding hydrogens is 268 g/mol. The Morgan fingerprint density at radius 2 is 1.95 bits per heavy atom. The predicted octanol–water partition coefficient (Wildman–Crippen LogP) is 2.10. The van der Waals surface area contributed by atoms with Gasteiger partial charge in [-0.3, -0.25) is 9.20 Å². The number of hydrogen-bond acceptors (Lipinski definition) is 5. The van der Waals surface area contributed by atoms with Crippen LogP contribution in [0.1, 0.15) is 37.0 Å². The first kappa shape index (κ1) is 15.4. The van der Waals surface area contributed by atoms with Gasteiger partial charge in [0.25, 0.3) is 0 Å². The number of ketones is 1. The van der Waals surface area contributed by atoms with E-state index in [9.17, 15) is 4.79 Å². The van der Waals surface area contributed by atoms with Gasteiger partial charge in [0.05, 0.1) is 18.9 Å². The third-order valence-electron chi connectivity index (χ3n) is 3.34. The molecule has 21 heavy (non-hydrogen) atoms. The second-order valence-corrected chi connectivity index (χ2v) is 4.65. The summed E-state index contributed by atoms with van der Waals surface area (Å²) in [6, 6.07) is 0. The minimum Gasteiger partial charge on any atom is -0.378 e. The second-order valence-electron chi connectivity index (χ2n) is 4.65. The Hall–Kier alpha value is -1.95. The van der Waals surface area contributed by atoms with Crippen molar-refractivity contribution in [2.45, 2.75) is 27.7 Å². The first-order valence-corrected chi connectivity index (χ1v) is 7.36. The fourth-order valence-corrected chi connectivity index (χ4v) is 2.50. The second kappa shape index (κ2) is 6.67. The van der Waals surface area contributed by atoms with Gasteiger partial charge >= 0.3 is 0 Å². The van der Waals surface area contributed by atoms with Crippen LogP contribution in [-0.4, -0.2) is 46.5 Å². The number of Topliss-reactive ketones (excluding diaryl/α,β-unsaturated/α-hetero) is 1. The van der Waals surface area contributed by atoms with E-state index >= 15 is 0 Å². The molecule has 0 spiro atoms. The van der Waals surface area contributed by atoms with Crippen LogP contribution in [0.4, 0.5) is 5.82 Å². The van der Waals surface area contributed by atoms with Crippen LogP contribution in [-0.2, 0) is 4.74 Å². The van der Waals surface area contributed by atoms with Crippen LogP contribution in [0.3, 0.4) is 0 Å². The molecule has 1 fully saturated rings. The molecule has 0 bridgehead atoms. The van der Waals surface area contributed by atoms with Gasteiger partial charge in [-0.2, -0.15) is 0 Å². The van der Waals surface area contributed by atoms with Crippen molar-refractivity contribution in [3.05, 3.63) is 23.8 Å². The standard InChI is InChI=1S/C13H16N4O2.C2H6/c1-9-11(10(2)18)17-4-3-14-12(13(17)15-9)16-5-7-19-8-6-16;1-2/h3-4H,5-8H2,1-2H3;1-2H3. The minimum absolute atomic E-state index is 0.0177. The van der Waals surface area contributed by atoms with Crippen LogP contribution < -0.4 is 4.90 Å². The SMILES string of the molecule is CC.CC(=O)c1c(C)nc2c(N3CCOCC3)nccn12. The number of fused-ring (bicyclic) bond motifs is 1. The number of carbonyl (C=O) groups excluding carboxylic acids is 1. The number of aromatic nitrogens is 3. The average molecular weight is 290 g/mol. The van der Waals surface area contributed by atoms with Crippen LogP contribution in [0, 0.1) is 6.92 Å². The van der Waals surface area contributed by atoms with E-state index in [1.165, 1.54) is 0 Å². The number of anilines is 1. The van der Waals surface area contributed by atoms with Crippen LogP contribution in [0.25, 0.3) is 5.65 Å². The van der Waals surface area contributed by atoms with Crippen molar-refractivity contribution < 1.29 is 9.53 Å². The number of hydrogen-bond donors (Lipinski definition) is 0. The number of carbonyl (C=O) groups is 1. The van der Waals surface area contributed by atoms with Crippen molar-refractivity contribution in [1.82, 2.24) is 14.4 Å². The molecule has 2 aromatic heterocycles. The predicted molar refractivity (Wildman–Crippen MR) is 82.1 cm³/mol. The van der Waals surface area contributed by atoms with Gasteiger partial charge in [-0.15, -0.1) is 0 Å². The Bertz CT molecular complexity index is 630. The molecule has 3 rings (SSSR count). The number of morpholine rings is 1. The molecule has 0 radical (unpaired) electrons. The van der Waals surface area contributed by atoms with E-state index in [2.05, 4.69) is 14.9 Å². The largest absolute Gasteiger partial charge is 0.378 e. The summed E-state index contributed by atoms with van der Waals surface area (Å²) in [5.74, 6) is 0.838. The van der Waals surface area contributed by atoms with E-state index in [1.54, 1.807) is 19.3 Å². The molecule has 114 valence electrons. The highest BCUT2D eigenvalue weighted by Gasteiger charge is 2.20. The Morgan fingerprint density at radius 1 is 1.29 bits per heavy atom. The summed E-state index contributed by atoms with van der Waals surface area (Å²) in [4.78, 5) is 22.8. The first-order chi connectivity index (χ1) is 10.2. The van der Waals surface area contributed by atoms with E-state index in [0.29, 0.717) is 18.9 Å². The van der Waals surface area contributed by atoms with Gasteiger partial charge in [-0.05, 0) is 6.92 Å². The summed E-state index contributed by atoms with van der Waals surface area (Å²) in [5.41, 5.74) is 2.12. The van der Waals surface area contributed by atoms with Crippen molar-refractivity contribution in [2.24, 2.45) is 0 Å². The normalized spacial score (nSPS) is 14.8. The van der Waals surface area contributed by atoms with Gasteiger partial charge in [-0.1, -0.05) is 13.8 Å². The molecule has 2 aromatic rings. The molecule has 6 heteroatoms. The third kappa shape index (κ3) is 2.90. The molecule has 6 nitrogen and oxygen atoms in total. The van der Waals surface area contributed by atoms with Crippen LogP contribution in [0.2, 0.25) is 0 Å².